The molecule has 6 nitrogen and oxygen atoms in total. The molecule has 1 aromatic carbocycles. The third kappa shape index (κ3) is 3.50. The Kier molecular flexibility index (Phi) is 4.34. The zero-order valence-electron chi connectivity index (χ0n) is 16.5. The minimum Gasteiger partial charge on any atom is -0.352 e. The van der Waals surface area contributed by atoms with Gasteiger partial charge in [-0.2, -0.15) is 0 Å². The molecule has 1 atom stereocenters. The highest BCUT2D eigenvalue weighted by Gasteiger charge is 2.39. The van der Waals surface area contributed by atoms with E-state index in [4.69, 9.17) is 0 Å². The number of aromatic nitrogens is 2. The number of rotatable bonds is 5. The highest BCUT2D eigenvalue weighted by Crippen LogP contribution is 2.32. The summed E-state index contributed by atoms with van der Waals surface area (Å²) in [6.07, 6.45) is 8.58. The number of likely N-dealkylation sites (tertiary alicyclic amines) is 1. The predicted octanol–water partition coefficient (Wildman–Crippen LogP) is 3.05. The van der Waals surface area contributed by atoms with Gasteiger partial charge in [0, 0.05) is 55.6 Å². The van der Waals surface area contributed by atoms with Crippen molar-refractivity contribution in [1.82, 2.24) is 19.6 Å². The molecule has 2 aromatic heterocycles. The van der Waals surface area contributed by atoms with E-state index in [-0.39, 0.29) is 17.7 Å². The van der Waals surface area contributed by atoms with Crippen molar-refractivity contribution in [2.45, 2.75) is 32.2 Å². The molecule has 0 radical (unpaired) electrons. The minimum absolute atomic E-state index is 0.0879. The second-order valence-corrected chi connectivity index (χ2v) is 8.20. The summed E-state index contributed by atoms with van der Waals surface area (Å²) in [5.41, 5.74) is 4.85. The van der Waals surface area contributed by atoms with E-state index >= 15 is 0 Å². The molecule has 3 aromatic rings. The van der Waals surface area contributed by atoms with Gasteiger partial charge in [0.1, 0.15) is 5.65 Å². The van der Waals surface area contributed by atoms with Gasteiger partial charge in [-0.3, -0.25) is 9.59 Å². The largest absolute Gasteiger partial charge is 0.352 e. The lowest BCUT2D eigenvalue weighted by Crippen LogP contribution is -2.32. The van der Waals surface area contributed by atoms with Gasteiger partial charge in [-0.15, -0.1) is 0 Å². The van der Waals surface area contributed by atoms with Crippen LogP contribution in [0, 0.1) is 12.8 Å². The van der Waals surface area contributed by atoms with E-state index < -0.39 is 0 Å². The summed E-state index contributed by atoms with van der Waals surface area (Å²) in [5.74, 6) is 0.368. The van der Waals surface area contributed by atoms with Gasteiger partial charge in [0.2, 0.25) is 5.91 Å². The third-order valence-electron chi connectivity index (χ3n) is 5.93. The molecule has 1 N–H and O–H groups in total. The highest BCUT2D eigenvalue weighted by molar-refractivity contribution is 5.94. The molecule has 1 unspecified atom stereocenters. The molecule has 2 fully saturated rings. The number of amides is 2. The highest BCUT2D eigenvalue weighted by atomic mass is 16.2. The van der Waals surface area contributed by atoms with Crippen LogP contribution in [0.1, 0.15) is 35.2 Å². The molecule has 0 bridgehead atoms. The maximum absolute atomic E-state index is 12.5. The minimum atomic E-state index is -0.0879. The summed E-state index contributed by atoms with van der Waals surface area (Å²) in [7, 11) is 0. The molecule has 0 spiro atoms. The number of nitrogens with one attached hydrogen (secondary N) is 1. The number of carbonyl (C=O) groups excluding carboxylic acids is 2. The van der Waals surface area contributed by atoms with Crippen LogP contribution in [0.25, 0.3) is 16.8 Å². The maximum Gasteiger partial charge on any atom is 0.251 e. The van der Waals surface area contributed by atoms with Gasteiger partial charge in [-0.25, -0.2) is 4.98 Å². The average molecular weight is 388 g/mol. The van der Waals surface area contributed by atoms with E-state index in [1.165, 1.54) is 0 Å². The second-order valence-electron chi connectivity index (χ2n) is 8.20. The number of benzene rings is 1. The van der Waals surface area contributed by atoms with Crippen LogP contribution in [0.2, 0.25) is 0 Å². The van der Waals surface area contributed by atoms with E-state index in [9.17, 15) is 9.59 Å². The Morgan fingerprint density at radius 2 is 2.00 bits per heavy atom. The number of carbonyl (C=O) groups is 2. The number of hydrogen-bond donors (Lipinski definition) is 1. The number of fused-ring (bicyclic) bond motifs is 1. The Morgan fingerprint density at radius 1 is 1.21 bits per heavy atom. The van der Waals surface area contributed by atoms with Crippen LogP contribution in [0.4, 0.5) is 0 Å². The predicted molar refractivity (Wildman–Crippen MR) is 111 cm³/mol. The van der Waals surface area contributed by atoms with Crippen LogP contribution in [0.3, 0.4) is 0 Å². The lowest BCUT2D eigenvalue weighted by molar-refractivity contribution is -0.128. The summed E-state index contributed by atoms with van der Waals surface area (Å²) < 4.78 is 2.01. The van der Waals surface area contributed by atoms with Crippen molar-refractivity contribution in [3.8, 4) is 11.1 Å². The molecule has 2 aliphatic rings. The molecule has 29 heavy (non-hydrogen) atoms. The molecule has 6 heteroatoms. The Morgan fingerprint density at radius 3 is 2.76 bits per heavy atom. The van der Waals surface area contributed by atoms with Crippen LogP contribution in [0.15, 0.2) is 48.9 Å². The van der Waals surface area contributed by atoms with E-state index in [1.54, 1.807) is 6.20 Å². The Bertz CT molecular complexity index is 1080. The molecular weight excluding hydrogens is 364 g/mol. The lowest BCUT2D eigenvalue weighted by atomic mass is 10.0. The molecule has 1 saturated heterocycles. The van der Waals surface area contributed by atoms with Crippen LogP contribution >= 0.6 is 0 Å². The Labute approximate surface area is 169 Å². The molecule has 1 saturated carbocycles. The van der Waals surface area contributed by atoms with Crippen LogP contribution in [-0.4, -0.2) is 45.2 Å². The monoisotopic (exact) mass is 388 g/mol. The summed E-state index contributed by atoms with van der Waals surface area (Å²) >= 11 is 0. The van der Waals surface area contributed by atoms with E-state index in [2.05, 4.69) is 16.4 Å². The number of hydrogen-bond acceptors (Lipinski definition) is 3. The number of nitrogens with zero attached hydrogens (tertiary/aromatic N) is 3. The average Bonchev–Trinajstić information content (AvgIpc) is 3.33. The standard InChI is InChI=1S/C23H24N4O2/c1-15-10-19(14-26-9-8-24-22(15)26)17-2-4-18(5-3-17)23(29)25-12-16-11-21(28)27(13-16)20-6-7-20/h2-5,8-10,14,16,20H,6-7,11-13H2,1H3,(H,25,29). The molecular formula is C23H24N4O2. The zero-order chi connectivity index (χ0) is 20.0. The number of aryl methyl sites for hydroxylation is 1. The third-order valence-corrected chi connectivity index (χ3v) is 5.93. The fraction of sp³-hybridized carbons (Fsp3) is 0.348. The quantitative estimate of drug-likeness (QED) is 0.731. The zero-order valence-corrected chi connectivity index (χ0v) is 16.5. The number of pyridine rings is 1. The Balaban J connectivity index is 1.23. The topological polar surface area (TPSA) is 66.7 Å². The molecule has 3 heterocycles. The van der Waals surface area contributed by atoms with E-state index in [0.717, 1.165) is 41.7 Å². The summed E-state index contributed by atoms with van der Waals surface area (Å²) in [6, 6.07) is 10.2. The smallest absolute Gasteiger partial charge is 0.251 e. The van der Waals surface area contributed by atoms with Gasteiger partial charge >= 0.3 is 0 Å². The first kappa shape index (κ1) is 17.9. The van der Waals surface area contributed by atoms with Gasteiger partial charge in [0.05, 0.1) is 0 Å². The molecule has 148 valence electrons. The van der Waals surface area contributed by atoms with Crippen LogP contribution in [0.5, 0.6) is 0 Å². The van der Waals surface area contributed by atoms with Crippen molar-refractivity contribution in [2.75, 3.05) is 13.1 Å². The number of imidazole rings is 1. The second kappa shape index (κ2) is 7.03. The first-order valence-electron chi connectivity index (χ1n) is 10.2. The normalized spacial score (nSPS) is 19.1. The van der Waals surface area contributed by atoms with E-state index in [1.807, 2.05) is 52.9 Å². The summed E-state index contributed by atoms with van der Waals surface area (Å²) in [5, 5.41) is 3.00. The fourth-order valence-electron chi connectivity index (χ4n) is 4.20. The van der Waals surface area contributed by atoms with Crippen molar-refractivity contribution in [1.29, 1.82) is 0 Å². The fourth-order valence-corrected chi connectivity index (χ4v) is 4.20. The van der Waals surface area contributed by atoms with E-state index in [0.29, 0.717) is 24.6 Å². The van der Waals surface area contributed by atoms with Gasteiger partial charge in [-0.1, -0.05) is 12.1 Å². The van der Waals surface area contributed by atoms with Gasteiger partial charge in [-0.05, 0) is 54.7 Å². The van der Waals surface area contributed by atoms with Crippen molar-refractivity contribution in [3.63, 3.8) is 0 Å². The first-order valence-corrected chi connectivity index (χ1v) is 10.2. The lowest BCUT2D eigenvalue weighted by Gasteiger charge is -2.15. The van der Waals surface area contributed by atoms with Crippen LogP contribution < -0.4 is 5.32 Å². The SMILES string of the molecule is Cc1cc(-c2ccc(C(=O)NCC3CC(=O)N(C4CC4)C3)cc2)cn2ccnc12. The van der Waals surface area contributed by atoms with Crippen LogP contribution in [-0.2, 0) is 4.79 Å². The molecule has 2 amide bonds. The molecule has 5 rings (SSSR count). The summed E-state index contributed by atoms with van der Waals surface area (Å²) in [4.78, 5) is 30.9. The molecule has 1 aliphatic carbocycles. The van der Waals surface area contributed by atoms with Crippen molar-refractivity contribution in [3.05, 3.63) is 60.0 Å². The summed E-state index contributed by atoms with van der Waals surface area (Å²) in [6.45, 7) is 3.37. The maximum atomic E-state index is 12.5. The van der Waals surface area contributed by atoms with Crippen molar-refractivity contribution >= 4 is 17.5 Å². The first-order chi connectivity index (χ1) is 14.1. The van der Waals surface area contributed by atoms with Gasteiger partial charge in [0.15, 0.2) is 0 Å². The van der Waals surface area contributed by atoms with Crippen molar-refractivity contribution in [2.24, 2.45) is 5.92 Å². The Hall–Kier alpha value is -3.15. The molecule has 1 aliphatic heterocycles. The van der Waals surface area contributed by atoms with Crippen molar-refractivity contribution < 1.29 is 9.59 Å². The van der Waals surface area contributed by atoms with Gasteiger partial charge in [0.25, 0.3) is 5.91 Å². The van der Waals surface area contributed by atoms with Gasteiger partial charge < -0.3 is 14.6 Å².